The van der Waals surface area contributed by atoms with Crippen LogP contribution in [0.1, 0.15) is 19.0 Å². The fraction of sp³-hybridized carbons (Fsp3) is 0.667. The van der Waals surface area contributed by atoms with Crippen LogP contribution in [0.15, 0.2) is 6.07 Å². The predicted molar refractivity (Wildman–Crippen MR) is 65.3 cm³/mol. The zero-order valence-corrected chi connectivity index (χ0v) is 10.6. The van der Waals surface area contributed by atoms with Crippen molar-refractivity contribution in [3.63, 3.8) is 0 Å². The number of aromatic nitrogens is 2. The molecule has 1 aliphatic rings. The minimum Gasteiger partial charge on any atom is -0.481 e. The van der Waals surface area contributed by atoms with Crippen molar-refractivity contribution in [2.75, 3.05) is 25.6 Å². The Hall–Kier alpha value is -1.36. The third kappa shape index (κ3) is 3.06. The van der Waals surface area contributed by atoms with E-state index >= 15 is 0 Å². The maximum atomic E-state index is 5.38. The molecule has 0 aliphatic carbocycles. The van der Waals surface area contributed by atoms with Crippen LogP contribution in [0, 0.1) is 12.8 Å². The molecule has 0 bridgehead atoms. The van der Waals surface area contributed by atoms with Gasteiger partial charge in [0.15, 0.2) is 0 Å². The summed E-state index contributed by atoms with van der Waals surface area (Å²) in [6.07, 6.45) is 1.09. The molecule has 1 aliphatic heterocycles. The number of nitrogens with zero attached hydrogens (tertiary/aromatic N) is 2. The van der Waals surface area contributed by atoms with E-state index in [-0.39, 0.29) is 0 Å². The zero-order chi connectivity index (χ0) is 12.3. The summed E-state index contributed by atoms with van der Waals surface area (Å²) in [5.74, 6) is 1.75. The first-order valence-electron chi connectivity index (χ1n) is 5.93. The Morgan fingerprint density at radius 2 is 2.35 bits per heavy atom. The van der Waals surface area contributed by atoms with Crippen LogP contribution < -0.4 is 10.1 Å². The molecular formula is C12H19N3O2. The van der Waals surface area contributed by atoms with E-state index in [9.17, 15) is 0 Å². The van der Waals surface area contributed by atoms with Gasteiger partial charge < -0.3 is 14.8 Å². The number of ether oxygens (including phenoxy) is 2. The topological polar surface area (TPSA) is 56.3 Å². The Kier molecular flexibility index (Phi) is 3.78. The van der Waals surface area contributed by atoms with Gasteiger partial charge in [0.2, 0.25) is 11.8 Å². The minimum atomic E-state index is 0.309. The summed E-state index contributed by atoms with van der Waals surface area (Å²) in [6.45, 7) is 5.74. The van der Waals surface area contributed by atoms with E-state index in [0.717, 1.165) is 25.3 Å². The predicted octanol–water partition coefficient (Wildman–Crippen LogP) is 1.63. The molecule has 1 aromatic rings. The lowest BCUT2D eigenvalue weighted by Crippen LogP contribution is -2.27. The molecule has 0 aromatic carbocycles. The molecule has 1 saturated heterocycles. The SMILES string of the molecule is COc1cc(C)nc(NC(C)C2CCOC2)n1. The highest BCUT2D eigenvalue weighted by Crippen LogP contribution is 2.20. The molecule has 2 rings (SSSR count). The number of hydrogen-bond acceptors (Lipinski definition) is 5. The average molecular weight is 237 g/mol. The maximum absolute atomic E-state index is 5.38. The summed E-state index contributed by atoms with van der Waals surface area (Å²) in [5, 5.41) is 3.32. The standard InChI is InChI=1S/C12H19N3O2/c1-8-6-11(16-3)15-12(13-8)14-9(2)10-4-5-17-7-10/h6,9-10H,4-5,7H2,1-3H3,(H,13,14,15). The summed E-state index contributed by atoms with van der Waals surface area (Å²) in [5.41, 5.74) is 0.897. The number of aryl methyl sites for hydroxylation is 1. The summed E-state index contributed by atoms with van der Waals surface area (Å²) < 4.78 is 10.5. The van der Waals surface area contributed by atoms with Crippen LogP contribution in [0.2, 0.25) is 0 Å². The van der Waals surface area contributed by atoms with Gasteiger partial charge >= 0.3 is 0 Å². The van der Waals surface area contributed by atoms with Crippen LogP contribution in [0.4, 0.5) is 5.95 Å². The summed E-state index contributed by atoms with van der Waals surface area (Å²) in [7, 11) is 1.61. The van der Waals surface area contributed by atoms with Crippen molar-refractivity contribution < 1.29 is 9.47 Å². The molecule has 2 heterocycles. The van der Waals surface area contributed by atoms with E-state index in [1.54, 1.807) is 7.11 Å². The van der Waals surface area contributed by atoms with Gasteiger partial charge in [-0.15, -0.1) is 0 Å². The monoisotopic (exact) mass is 237 g/mol. The van der Waals surface area contributed by atoms with Crippen molar-refractivity contribution in [2.45, 2.75) is 26.3 Å². The highest BCUT2D eigenvalue weighted by atomic mass is 16.5. The van der Waals surface area contributed by atoms with Gasteiger partial charge in [-0.2, -0.15) is 4.98 Å². The van der Waals surface area contributed by atoms with Gasteiger partial charge in [-0.05, 0) is 20.3 Å². The molecule has 2 atom stereocenters. The fourth-order valence-electron chi connectivity index (χ4n) is 1.98. The van der Waals surface area contributed by atoms with Crippen molar-refractivity contribution in [2.24, 2.45) is 5.92 Å². The first-order valence-corrected chi connectivity index (χ1v) is 5.93. The lowest BCUT2D eigenvalue weighted by molar-refractivity contribution is 0.183. The van der Waals surface area contributed by atoms with Crippen LogP contribution in [-0.2, 0) is 4.74 Å². The van der Waals surface area contributed by atoms with Crippen LogP contribution in [0.3, 0.4) is 0 Å². The van der Waals surface area contributed by atoms with E-state index in [4.69, 9.17) is 9.47 Å². The number of anilines is 1. The van der Waals surface area contributed by atoms with Crippen LogP contribution in [-0.4, -0.2) is 36.3 Å². The number of rotatable bonds is 4. The van der Waals surface area contributed by atoms with E-state index in [1.807, 2.05) is 13.0 Å². The van der Waals surface area contributed by atoms with E-state index in [1.165, 1.54) is 0 Å². The quantitative estimate of drug-likeness (QED) is 0.862. The number of nitrogens with one attached hydrogen (secondary N) is 1. The van der Waals surface area contributed by atoms with Gasteiger partial charge in [0.05, 0.1) is 13.7 Å². The maximum Gasteiger partial charge on any atom is 0.226 e. The van der Waals surface area contributed by atoms with E-state index in [2.05, 4.69) is 22.2 Å². The molecule has 2 unspecified atom stereocenters. The molecule has 0 amide bonds. The van der Waals surface area contributed by atoms with Crippen LogP contribution >= 0.6 is 0 Å². The molecule has 1 N–H and O–H groups in total. The third-order valence-electron chi connectivity index (χ3n) is 3.07. The van der Waals surface area contributed by atoms with Crippen molar-refractivity contribution >= 4 is 5.95 Å². The molecule has 0 spiro atoms. The van der Waals surface area contributed by atoms with Crippen molar-refractivity contribution in [1.82, 2.24) is 9.97 Å². The van der Waals surface area contributed by atoms with Gasteiger partial charge in [0.1, 0.15) is 0 Å². The Bertz CT molecular complexity index is 378. The first kappa shape index (κ1) is 12.1. The molecule has 0 radical (unpaired) electrons. The second-order valence-electron chi connectivity index (χ2n) is 4.43. The lowest BCUT2D eigenvalue weighted by atomic mass is 10.0. The van der Waals surface area contributed by atoms with Crippen LogP contribution in [0.25, 0.3) is 0 Å². The molecule has 1 fully saturated rings. The molecule has 0 saturated carbocycles. The lowest BCUT2D eigenvalue weighted by Gasteiger charge is -2.19. The molecule has 1 aromatic heterocycles. The van der Waals surface area contributed by atoms with Gasteiger partial charge in [-0.1, -0.05) is 0 Å². The highest BCUT2D eigenvalue weighted by Gasteiger charge is 2.22. The second kappa shape index (κ2) is 5.31. The normalized spacial score (nSPS) is 21.2. The highest BCUT2D eigenvalue weighted by molar-refractivity contribution is 5.31. The second-order valence-corrected chi connectivity index (χ2v) is 4.43. The first-order chi connectivity index (χ1) is 8.19. The van der Waals surface area contributed by atoms with Gasteiger partial charge in [-0.3, -0.25) is 0 Å². The number of hydrogen-bond donors (Lipinski definition) is 1. The molecule has 5 nitrogen and oxygen atoms in total. The Morgan fingerprint density at radius 3 is 3.00 bits per heavy atom. The van der Waals surface area contributed by atoms with Crippen molar-refractivity contribution in [3.8, 4) is 5.88 Å². The molecule has 5 heteroatoms. The average Bonchev–Trinajstić information content (AvgIpc) is 2.81. The van der Waals surface area contributed by atoms with Crippen LogP contribution in [0.5, 0.6) is 5.88 Å². The van der Waals surface area contributed by atoms with Gasteiger partial charge in [0, 0.05) is 30.3 Å². The molecule has 17 heavy (non-hydrogen) atoms. The Labute approximate surface area is 102 Å². The minimum absolute atomic E-state index is 0.309. The third-order valence-corrected chi connectivity index (χ3v) is 3.07. The fourth-order valence-corrected chi connectivity index (χ4v) is 1.98. The molecule has 94 valence electrons. The smallest absolute Gasteiger partial charge is 0.226 e. The largest absolute Gasteiger partial charge is 0.481 e. The van der Waals surface area contributed by atoms with Crippen molar-refractivity contribution in [3.05, 3.63) is 11.8 Å². The zero-order valence-electron chi connectivity index (χ0n) is 10.6. The summed E-state index contributed by atoms with van der Waals surface area (Å²) >= 11 is 0. The Morgan fingerprint density at radius 1 is 1.53 bits per heavy atom. The molecular weight excluding hydrogens is 218 g/mol. The van der Waals surface area contributed by atoms with E-state index < -0.39 is 0 Å². The Balaban J connectivity index is 2.04. The number of methoxy groups -OCH3 is 1. The van der Waals surface area contributed by atoms with Gasteiger partial charge in [-0.25, -0.2) is 4.98 Å². The summed E-state index contributed by atoms with van der Waals surface area (Å²) in [6, 6.07) is 2.12. The van der Waals surface area contributed by atoms with Gasteiger partial charge in [0.25, 0.3) is 0 Å². The van der Waals surface area contributed by atoms with Crippen molar-refractivity contribution in [1.29, 1.82) is 0 Å². The summed E-state index contributed by atoms with van der Waals surface area (Å²) in [4.78, 5) is 8.63. The van der Waals surface area contributed by atoms with E-state index in [0.29, 0.717) is 23.8 Å².